The molecule has 1 aliphatic rings. The van der Waals surface area contributed by atoms with Crippen LogP contribution in [0.25, 0.3) is 0 Å². The molecule has 1 aromatic carbocycles. The van der Waals surface area contributed by atoms with Crippen LogP contribution in [0.2, 0.25) is 0 Å². The molecule has 0 fully saturated rings. The van der Waals surface area contributed by atoms with Crippen molar-refractivity contribution in [2.45, 2.75) is 19.6 Å². The van der Waals surface area contributed by atoms with Crippen molar-refractivity contribution in [2.75, 3.05) is 12.0 Å². The molecule has 3 aromatic rings. The summed E-state index contributed by atoms with van der Waals surface area (Å²) < 4.78 is 20.2. The van der Waals surface area contributed by atoms with E-state index in [4.69, 9.17) is 4.74 Å². The topological polar surface area (TPSA) is 56.1 Å². The number of halogens is 1. The van der Waals surface area contributed by atoms with Crippen LogP contribution in [0.4, 0.5) is 10.2 Å². The number of rotatable bonds is 4. The summed E-state index contributed by atoms with van der Waals surface area (Å²) >= 11 is 0. The Hall–Kier alpha value is -2.96. The van der Waals surface area contributed by atoms with Crippen LogP contribution in [0.1, 0.15) is 16.8 Å². The molecule has 1 aliphatic heterocycles. The Bertz CT molecular complexity index is 862. The largest absolute Gasteiger partial charge is 0.481 e. The summed E-state index contributed by atoms with van der Waals surface area (Å²) in [5, 5.41) is 4.46. The number of ether oxygens (including phenoxy) is 1. The minimum atomic E-state index is -0.228. The molecule has 0 bridgehead atoms. The molecule has 7 heteroatoms. The van der Waals surface area contributed by atoms with Crippen molar-refractivity contribution in [3.8, 4) is 5.88 Å². The second kappa shape index (κ2) is 5.92. The number of hydrogen-bond donors (Lipinski definition) is 0. The van der Waals surface area contributed by atoms with Gasteiger partial charge in [-0.3, -0.25) is 4.68 Å². The fraction of sp³-hybridized carbons (Fsp3) is 0.235. The lowest BCUT2D eigenvalue weighted by Gasteiger charge is -2.17. The van der Waals surface area contributed by atoms with E-state index in [-0.39, 0.29) is 5.82 Å². The maximum absolute atomic E-state index is 13.0. The van der Waals surface area contributed by atoms with Crippen molar-refractivity contribution >= 4 is 5.82 Å². The molecular formula is C17H16FN5O. The van der Waals surface area contributed by atoms with Gasteiger partial charge in [-0.05, 0) is 17.7 Å². The monoisotopic (exact) mass is 325 g/mol. The Kier molecular flexibility index (Phi) is 3.60. The highest BCUT2D eigenvalue weighted by Gasteiger charge is 2.25. The average Bonchev–Trinajstić information content (AvgIpc) is 3.19. The van der Waals surface area contributed by atoms with Gasteiger partial charge in [-0.2, -0.15) is 5.10 Å². The van der Waals surface area contributed by atoms with Gasteiger partial charge in [0.25, 0.3) is 0 Å². The number of anilines is 1. The molecule has 122 valence electrons. The van der Waals surface area contributed by atoms with E-state index < -0.39 is 0 Å². The van der Waals surface area contributed by atoms with Crippen LogP contribution in [-0.2, 0) is 19.6 Å². The van der Waals surface area contributed by atoms with Crippen LogP contribution >= 0.6 is 0 Å². The normalized spacial score (nSPS) is 13.2. The predicted molar refractivity (Wildman–Crippen MR) is 86.2 cm³/mol. The summed E-state index contributed by atoms with van der Waals surface area (Å²) in [6.45, 7) is 2.09. The van der Waals surface area contributed by atoms with E-state index in [0.717, 1.165) is 30.2 Å². The molecule has 3 heterocycles. The second-order valence-corrected chi connectivity index (χ2v) is 5.68. The van der Waals surface area contributed by atoms with Gasteiger partial charge in [0, 0.05) is 18.2 Å². The van der Waals surface area contributed by atoms with Crippen LogP contribution in [0.3, 0.4) is 0 Å². The lowest BCUT2D eigenvalue weighted by atomic mass is 10.2. The highest BCUT2D eigenvalue weighted by Crippen LogP contribution is 2.28. The first-order chi connectivity index (χ1) is 11.7. The summed E-state index contributed by atoms with van der Waals surface area (Å²) in [5.41, 5.74) is 3.34. The smallest absolute Gasteiger partial charge is 0.218 e. The summed E-state index contributed by atoms with van der Waals surface area (Å²) in [5.74, 6) is 1.14. The van der Waals surface area contributed by atoms with Crippen LogP contribution in [0.5, 0.6) is 5.88 Å². The molecular weight excluding hydrogens is 309 g/mol. The van der Waals surface area contributed by atoms with E-state index in [1.54, 1.807) is 19.2 Å². The van der Waals surface area contributed by atoms with E-state index in [1.807, 2.05) is 16.9 Å². The molecule has 24 heavy (non-hydrogen) atoms. The average molecular weight is 325 g/mol. The minimum absolute atomic E-state index is 0.228. The summed E-state index contributed by atoms with van der Waals surface area (Å²) in [4.78, 5) is 10.5. The standard InChI is InChI=1S/C17H16FN5O/c1-24-17-6-16(19-11-20-17)22-9-13-7-21-23(15(13)10-22)8-12-2-4-14(18)5-3-12/h2-7,11H,8-10H2,1H3. The number of benzene rings is 1. The number of methoxy groups -OCH3 is 1. The molecule has 0 unspecified atom stereocenters. The molecule has 0 spiro atoms. The molecule has 0 N–H and O–H groups in total. The zero-order valence-corrected chi connectivity index (χ0v) is 13.2. The number of fused-ring (bicyclic) bond motifs is 1. The first kappa shape index (κ1) is 14.6. The molecule has 6 nitrogen and oxygen atoms in total. The molecule has 4 rings (SSSR count). The molecule has 0 amide bonds. The van der Waals surface area contributed by atoms with E-state index in [0.29, 0.717) is 12.4 Å². The number of nitrogens with zero attached hydrogens (tertiary/aromatic N) is 5. The van der Waals surface area contributed by atoms with Crippen molar-refractivity contribution < 1.29 is 9.13 Å². The highest BCUT2D eigenvalue weighted by atomic mass is 19.1. The Morgan fingerprint density at radius 2 is 2.00 bits per heavy atom. The van der Waals surface area contributed by atoms with Gasteiger partial charge >= 0.3 is 0 Å². The molecule has 0 radical (unpaired) electrons. The van der Waals surface area contributed by atoms with Crippen molar-refractivity contribution in [3.63, 3.8) is 0 Å². The van der Waals surface area contributed by atoms with Gasteiger partial charge in [0.05, 0.1) is 32.1 Å². The Morgan fingerprint density at radius 3 is 2.79 bits per heavy atom. The molecule has 0 saturated heterocycles. The summed E-state index contributed by atoms with van der Waals surface area (Å²) in [7, 11) is 1.59. The lowest BCUT2D eigenvalue weighted by Crippen LogP contribution is -2.18. The van der Waals surface area contributed by atoms with Crippen molar-refractivity contribution in [3.05, 3.63) is 65.5 Å². The SMILES string of the molecule is COc1cc(N2Cc3cnn(Cc4ccc(F)cc4)c3C2)ncn1. The van der Waals surface area contributed by atoms with Crippen LogP contribution in [0.15, 0.2) is 42.9 Å². The molecule has 0 aliphatic carbocycles. The van der Waals surface area contributed by atoms with E-state index in [1.165, 1.54) is 24.0 Å². The number of aromatic nitrogens is 4. The second-order valence-electron chi connectivity index (χ2n) is 5.68. The van der Waals surface area contributed by atoms with Crippen LogP contribution < -0.4 is 9.64 Å². The Morgan fingerprint density at radius 1 is 1.17 bits per heavy atom. The minimum Gasteiger partial charge on any atom is -0.481 e. The van der Waals surface area contributed by atoms with Gasteiger partial charge in [0.15, 0.2) is 0 Å². The van der Waals surface area contributed by atoms with Crippen molar-refractivity contribution in [1.82, 2.24) is 19.7 Å². The van der Waals surface area contributed by atoms with Crippen molar-refractivity contribution in [2.24, 2.45) is 0 Å². The lowest BCUT2D eigenvalue weighted by molar-refractivity contribution is 0.396. The van der Waals surface area contributed by atoms with Gasteiger partial charge < -0.3 is 9.64 Å². The van der Waals surface area contributed by atoms with Gasteiger partial charge in [-0.25, -0.2) is 14.4 Å². The third kappa shape index (κ3) is 2.68. The Labute approximate surface area is 138 Å². The number of hydrogen-bond acceptors (Lipinski definition) is 5. The predicted octanol–water partition coefficient (Wildman–Crippen LogP) is 2.39. The summed E-state index contributed by atoms with van der Waals surface area (Å²) in [6.07, 6.45) is 3.39. The zero-order valence-electron chi connectivity index (χ0n) is 13.2. The van der Waals surface area contributed by atoms with E-state index in [2.05, 4.69) is 20.0 Å². The summed E-state index contributed by atoms with van der Waals surface area (Å²) in [6, 6.07) is 8.33. The van der Waals surface area contributed by atoms with E-state index >= 15 is 0 Å². The highest BCUT2D eigenvalue weighted by molar-refractivity contribution is 5.46. The van der Waals surface area contributed by atoms with Crippen molar-refractivity contribution in [1.29, 1.82) is 0 Å². The first-order valence-electron chi connectivity index (χ1n) is 7.62. The Balaban J connectivity index is 1.54. The maximum atomic E-state index is 13.0. The quantitative estimate of drug-likeness (QED) is 0.737. The fourth-order valence-electron chi connectivity index (χ4n) is 2.88. The van der Waals surface area contributed by atoms with Gasteiger partial charge in [-0.1, -0.05) is 12.1 Å². The van der Waals surface area contributed by atoms with Gasteiger partial charge in [0.1, 0.15) is 18.0 Å². The van der Waals surface area contributed by atoms with E-state index in [9.17, 15) is 4.39 Å². The third-order valence-electron chi connectivity index (χ3n) is 4.14. The fourth-order valence-corrected chi connectivity index (χ4v) is 2.88. The molecule has 0 atom stereocenters. The zero-order chi connectivity index (χ0) is 16.5. The molecule has 0 saturated carbocycles. The maximum Gasteiger partial charge on any atom is 0.218 e. The van der Waals surface area contributed by atoms with Crippen LogP contribution in [-0.4, -0.2) is 26.9 Å². The van der Waals surface area contributed by atoms with Gasteiger partial charge in [-0.15, -0.1) is 0 Å². The third-order valence-corrected chi connectivity index (χ3v) is 4.14. The van der Waals surface area contributed by atoms with Gasteiger partial charge in [0.2, 0.25) is 5.88 Å². The van der Waals surface area contributed by atoms with Crippen LogP contribution in [0, 0.1) is 5.82 Å². The first-order valence-corrected chi connectivity index (χ1v) is 7.62. The molecule has 2 aromatic heterocycles.